The summed E-state index contributed by atoms with van der Waals surface area (Å²) in [5.74, 6) is 0.0937. The maximum Gasteiger partial charge on any atom is 0.253 e. The molecule has 1 aromatic heterocycles. The quantitative estimate of drug-likeness (QED) is 0.628. The van der Waals surface area contributed by atoms with Crippen LogP contribution in [0.1, 0.15) is 35.7 Å². The molecule has 3 aromatic rings. The summed E-state index contributed by atoms with van der Waals surface area (Å²) in [6.07, 6.45) is 5.83. The van der Waals surface area contributed by atoms with Gasteiger partial charge in [-0.2, -0.15) is 5.10 Å². The lowest BCUT2D eigenvalue weighted by Crippen LogP contribution is -2.40. The molecule has 0 unspecified atom stereocenters. The molecule has 0 spiro atoms. The summed E-state index contributed by atoms with van der Waals surface area (Å²) < 4.78 is 7.94. The highest BCUT2D eigenvalue weighted by Crippen LogP contribution is 2.22. The van der Waals surface area contributed by atoms with E-state index in [0.717, 1.165) is 49.2 Å². The fourth-order valence-electron chi connectivity index (χ4n) is 3.71. The van der Waals surface area contributed by atoms with Crippen LogP contribution in [-0.2, 0) is 17.9 Å². The molecule has 1 aliphatic heterocycles. The van der Waals surface area contributed by atoms with Gasteiger partial charge in [-0.25, -0.2) is 0 Å². The molecule has 1 amide bonds. The molecule has 1 aliphatic rings. The van der Waals surface area contributed by atoms with Gasteiger partial charge in [-0.3, -0.25) is 9.48 Å². The van der Waals surface area contributed by atoms with Gasteiger partial charge in [0.25, 0.3) is 5.91 Å². The number of aromatic nitrogens is 2. The number of carbonyl (C=O) groups is 1. The molecule has 5 heteroatoms. The smallest absolute Gasteiger partial charge is 0.253 e. The topological polar surface area (TPSA) is 47.4 Å². The van der Waals surface area contributed by atoms with E-state index in [1.54, 1.807) is 0 Å². The summed E-state index contributed by atoms with van der Waals surface area (Å²) >= 11 is 0. The van der Waals surface area contributed by atoms with E-state index in [4.69, 9.17) is 4.74 Å². The number of nitrogens with zero attached hydrogens (tertiary/aromatic N) is 3. The lowest BCUT2D eigenvalue weighted by molar-refractivity contribution is -0.000378. The largest absolute Gasteiger partial charge is 0.373 e. The molecule has 5 nitrogen and oxygen atoms in total. The Hall–Kier alpha value is -2.92. The van der Waals surface area contributed by atoms with Crippen molar-refractivity contribution in [3.8, 4) is 11.1 Å². The molecule has 0 bridgehead atoms. The second kappa shape index (κ2) is 9.05. The predicted octanol–water partition coefficient (Wildman–Crippen LogP) is 4.39. The lowest BCUT2D eigenvalue weighted by atomic mass is 10.0. The van der Waals surface area contributed by atoms with Crippen LogP contribution in [0.3, 0.4) is 0 Å². The van der Waals surface area contributed by atoms with E-state index in [2.05, 4.69) is 24.2 Å². The minimum Gasteiger partial charge on any atom is -0.373 e. The van der Waals surface area contributed by atoms with Crippen molar-refractivity contribution < 1.29 is 9.53 Å². The SMILES string of the molecule is CCn1cc(-c2cccc(C(=O)N3CCC(OCc4ccccc4)CC3)c2)cn1. The number of piperidine rings is 1. The zero-order valence-electron chi connectivity index (χ0n) is 16.8. The Morgan fingerprint density at radius 3 is 2.59 bits per heavy atom. The Morgan fingerprint density at radius 1 is 1.07 bits per heavy atom. The fourth-order valence-corrected chi connectivity index (χ4v) is 3.71. The van der Waals surface area contributed by atoms with Gasteiger partial charge in [-0.1, -0.05) is 42.5 Å². The molecule has 150 valence electrons. The van der Waals surface area contributed by atoms with Crippen molar-refractivity contribution in [3.63, 3.8) is 0 Å². The van der Waals surface area contributed by atoms with Gasteiger partial charge in [0.2, 0.25) is 0 Å². The van der Waals surface area contributed by atoms with Gasteiger partial charge in [-0.05, 0) is 43.0 Å². The normalized spacial score (nSPS) is 14.9. The second-order valence-corrected chi connectivity index (χ2v) is 7.45. The fraction of sp³-hybridized carbons (Fsp3) is 0.333. The van der Waals surface area contributed by atoms with E-state index in [-0.39, 0.29) is 12.0 Å². The van der Waals surface area contributed by atoms with Crippen LogP contribution in [0.2, 0.25) is 0 Å². The Bertz CT molecular complexity index is 944. The van der Waals surface area contributed by atoms with Crippen LogP contribution in [0.5, 0.6) is 0 Å². The first-order valence-corrected chi connectivity index (χ1v) is 10.3. The molecule has 0 N–H and O–H groups in total. The van der Waals surface area contributed by atoms with Crippen LogP contribution < -0.4 is 0 Å². The maximum atomic E-state index is 13.0. The van der Waals surface area contributed by atoms with Gasteiger partial charge in [0.15, 0.2) is 0 Å². The molecule has 0 saturated carbocycles. The Labute approximate surface area is 171 Å². The summed E-state index contributed by atoms with van der Waals surface area (Å²) in [6, 6.07) is 18.1. The summed E-state index contributed by atoms with van der Waals surface area (Å²) in [4.78, 5) is 14.9. The average Bonchev–Trinajstić information content (AvgIpc) is 3.28. The van der Waals surface area contributed by atoms with Crippen LogP contribution in [0.25, 0.3) is 11.1 Å². The van der Waals surface area contributed by atoms with Crippen LogP contribution in [0.4, 0.5) is 0 Å². The molecule has 1 saturated heterocycles. The summed E-state index contributed by atoms with van der Waals surface area (Å²) in [5.41, 5.74) is 3.98. The van der Waals surface area contributed by atoms with Gasteiger partial charge in [-0.15, -0.1) is 0 Å². The van der Waals surface area contributed by atoms with E-state index in [1.807, 2.05) is 64.4 Å². The zero-order chi connectivity index (χ0) is 20.1. The van der Waals surface area contributed by atoms with Gasteiger partial charge in [0.1, 0.15) is 0 Å². The number of carbonyl (C=O) groups excluding carboxylic acids is 1. The molecule has 1 fully saturated rings. The number of benzene rings is 2. The summed E-state index contributed by atoms with van der Waals surface area (Å²) in [5, 5.41) is 4.33. The van der Waals surface area contributed by atoms with Crippen molar-refractivity contribution in [3.05, 3.63) is 78.1 Å². The first-order valence-electron chi connectivity index (χ1n) is 10.3. The van der Waals surface area contributed by atoms with Gasteiger partial charge >= 0.3 is 0 Å². The van der Waals surface area contributed by atoms with Gasteiger partial charge in [0.05, 0.1) is 18.9 Å². The average molecular weight is 389 g/mol. The summed E-state index contributed by atoms with van der Waals surface area (Å²) in [7, 11) is 0. The third-order valence-corrected chi connectivity index (χ3v) is 5.46. The van der Waals surface area contributed by atoms with Crippen LogP contribution in [-0.4, -0.2) is 39.8 Å². The van der Waals surface area contributed by atoms with E-state index in [9.17, 15) is 4.79 Å². The first-order chi connectivity index (χ1) is 14.2. The van der Waals surface area contributed by atoms with Crippen LogP contribution in [0, 0.1) is 0 Å². The monoisotopic (exact) mass is 389 g/mol. The predicted molar refractivity (Wildman–Crippen MR) is 113 cm³/mol. The highest BCUT2D eigenvalue weighted by Gasteiger charge is 2.24. The third-order valence-electron chi connectivity index (χ3n) is 5.46. The summed E-state index contributed by atoms with van der Waals surface area (Å²) in [6.45, 7) is 4.99. The lowest BCUT2D eigenvalue weighted by Gasteiger charge is -2.32. The first kappa shape index (κ1) is 19.4. The van der Waals surface area contributed by atoms with Gasteiger partial charge in [0, 0.05) is 37.0 Å². The molecule has 2 heterocycles. The minimum absolute atomic E-state index is 0.0937. The molecular formula is C24H27N3O2. The highest BCUT2D eigenvalue weighted by atomic mass is 16.5. The second-order valence-electron chi connectivity index (χ2n) is 7.45. The third kappa shape index (κ3) is 4.74. The molecule has 0 aliphatic carbocycles. The van der Waals surface area contributed by atoms with E-state index in [0.29, 0.717) is 6.61 Å². The van der Waals surface area contributed by atoms with E-state index < -0.39 is 0 Å². The molecule has 29 heavy (non-hydrogen) atoms. The number of amides is 1. The number of rotatable bonds is 6. The Morgan fingerprint density at radius 2 is 1.86 bits per heavy atom. The Kier molecular flexibility index (Phi) is 6.06. The number of ether oxygens (including phenoxy) is 1. The van der Waals surface area contributed by atoms with Crippen molar-refractivity contribution in [1.82, 2.24) is 14.7 Å². The van der Waals surface area contributed by atoms with Crippen molar-refractivity contribution in [2.75, 3.05) is 13.1 Å². The standard InChI is InChI=1S/C24H27N3O2/c1-2-27-17-22(16-25-27)20-9-6-10-21(15-20)24(28)26-13-11-23(12-14-26)29-18-19-7-4-3-5-8-19/h3-10,15-17,23H,2,11-14,18H2,1H3. The molecule has 0 atom stereocenters. The van der Waals surface area contributed by atoms with Crippen molar-refractivity contribution in [2.45, 2.75) is 39.0 Å². The van der Waals surface area contributed by atoms with Gasteiger partial charge < -0.3 is 9.64 Å². The van der Waals surface area contributed by atoms with E-state index in [1.165, 1.54) is 5.56 Å². The Balaban J connectivity index is 1.34. The van der Waals surface area contributed by atoms with Crippen molar-refractivity contribution >= 4 is 5.91 Å². The number of hydrogen-bond donors (Lipinski definition) is 0. The molecule has 2 aromatic carbocycles. The number of likely N-dealkylation sites (tertiary alicyclic amines) is 1. The number of aryl methyl sites for hydroxylation is 1. The minimum atomic E-state index is 0.0937. The van der Waals surface area contributed by atoms with Crippen LogP contribution in [0.15, 0.2) is 67.0 Å². The molecular weight excluding hydrogens is 362 g/mol. The van der Waals surface area contributed by atoms with Crippen LogP contribution >= 0.6 is 0 Å². The van der Waals surface area contributed by atoms with E-state index >= 15 is 0 Å². The highest BCUT2D eigenvalue weighted by molar-refractivity contribution is 5.95. The molecule has 4 rings (SSSR count). The van der Waals surface area contributed by atoms with Crippen molar-refractivity contribution in [1.29, 1.82) is 0 Å². The molecule has 0 radical (unpaired) electrons. The van der Waals surface area contributed by atoms with Crippen molar-refractivity contribution in [2.24, 2.45) is 0 Å². The zero-order valence-corrected chi connectivity index (χ0v) is 16.8. The number of hydrogen-bond acceptors (Lipinski definition) is 3. The maximum absolute atomic E-state index is 13.0.